The summed E-state index contributed by atoms with van der Waals surface area (Å²) >= 11 is 0. The van der Waals surface area contributed by atoms with Crippen LogP contribution in [0.3, 0.4) is 0 Å². The highest BCUT2D eigenvalue weighted by atomic mass is 19.1. The number of amides is 2. The number of anilines is 2. The van der Waals surface area contributed by atoms with Gasteiger partial charge in [0.25, 0.3) is 0 Å². The van der Waals surface area contributed by atoms with Crippen molar-refractivity contribution in [3.05, 3.63) is 53.6 Å². The molecular formula is C14H12FN3O3. The zero-order valence-corrected chi connectivity index (χ0v) is 11.1. The zero-order chi connectivity index (χ0) is 15.4. The van der Waals surface area contributed by atoms with Gasteiger partial charge in [-0.05, 0) is 37.3 Å². The molecule has 21 heavy (non-hydrogen) atoms. The van der Waals surface area contributed by atoms with Crippen LogP contribution in [0.5, 0.6) is 0 Å². The van der Waals surface area contributed by atoms with Crippen LogP contribution in [0.1, 0.15) is 16.1 Å². The van der Waals surface area contributed by atoms with Crippen LogP contribution in [0.15, 0.2) is 36.5 Å². The molecule has 2 rings (SSSR count). The van der Waals surface area contributed by atoms with E-state index in [4.69, 9.17) is 5.11 Å². The van der Waals surface area contributed by atoms with Crippen molar-refractivity contribution in [2.24, 2.45) is 0 Å². The Morgan fingerprint density at radius 2 is 1.95 bits per heavy atom. The molecule has 6 nitrogen and oxygen atoms in total. The van der Waals surface area contributed by atoms with Gasteiger partial charge in [-0.2, -0.15) is 0 Å². The maximum atomic E-state index is 13.0. The summed E-state index contributed by atoms with van der Waals surface area (Å²) in [5, 5.41) is 13.8. The van der Waals surface area contributed by atoms with E-state index in [1.165, 1.54) is 12.3 Å². The highest BCUT2D eigenvalue weighted by molar-refractivity contribution is 6.04. The number of carbonyl (C=O) groups excluding carboxylic acids is 1. The van der Waals surface area contributed by atoms with Crippen LogP contribution in [-0.4, -0.2) is 22.1 Å². The van der Waals surface area contributed by atoms with Crippen molar-refractivity contribution in [2.75, 3.05) is 10.6 Å². The van der Waals surface area contributed by atoms with Crippen LogP contribution in [0.4, 0.5) is 20.6 Å². The Labute approximate surface area is 119 Å². The number of aromatic nitrogens is 1. The number of aromatic carboxylic acids is 1. The molecule has 0 aliphatic carbocycles. The van der Waals surface area contributed by atoms with E-state index in [9.17, 15) is 14.0 Å². The number of rotatable bonds is 3. The van der Waals surface area contributed by atoms with Crippen molar-refractivity contribution < 1.29 is 19.1 Å². The molecule has 0 radical (unpaired) electrons. The Hall–Kier alpha value is -2.96. The normalized spacial score (nSPS) is 10.0. The summed E-state index contributed by atoms with van der Waals surface area (Å²) in [5.41, 5.74) is 0.929. The lowest BCUT2D eigenvalue weighted by molar-refractivity contribution is 0.0697. The summed E-state index contributed by atoms with van der Waals surface area (Å²) in [4.78, 5) is 26.8. The fourth-order valence-electron chi connectivity index (χ4n) is 1.63. The fourth-order valence-corrected chi connectivity index (χ4v) is 1.63. The van der Waals surface area contributed by atoms with Crippen molar-refractivity contribution in [3.8, 4) is 0 Å². The lowest BCUT2D eigenvalue weighted by atomic mass is 10.2. The average Bonchev–Trinajstić information content (AvgIpc) is 2.43. The van der Waals surface area contributed by atoms with E-state index in [-0.39, 0.29) is 11.3 Å². The van der Waals surface area contributed by atoms with Crippen LogP contribution in [0.25, 0.3) is 0 Å². The Morgan fingerprint density at radius 1 is 1.19 bits per heavy atom. The van der Waals surface area contributed by atoms with Gasteiger partial charge in [-0.1, -0.05) is 0 Å². The van der Waals surface area contributed by atoms with Crippen molar-refractivity contribution in [1.29, 1.82) is 0 Å². The highest BCUT2D eigenvalue weighted by Gasteiger charge is 2.13. The standard InChI is InChI=1S/C14H12FN3O3/c1-8-2-4-10(7-16-8)17-14(21)18-12-5-3-9(15)6-11(12)13(19)20/h2-7H,1H3,(H,19,20)(H2,17,18,21). The number of aryl methyl sites for hydroxylation is 1. The molecule has 2 aromatic rings. The number of pyridine rings is 1. The molecule has 0 saturated carbocycles. The van der Waals surface area contributed by atoms with E-state index in [1.807, 2.05) is 6.92 Å². The van der Waals surface area contributed by atoms with Gasteiger partial charge >= 0.3 is 12.0 Å². The van der Waals surface area contributed by atoms with E-state index in [2.05, 4.69) is 15.6 Å². The van der Waals surface area contributed by atoms with E-state index >= 15 is 0 Å². The number of benzene rings is 1. The van der Waals surface area contributed by atoms with Gasteiger partial charge in [-0.25, -0.2) is 14.0 Å². The number of carboxylic acid groups (broad SMARTS) is 1. The van der Waals surface area contributed by atoms with Gasteiger partial charge in [-0.15, -0.1) is 0 Å². The van der Waals surface area contributed by atoms with Gasteiger partial charge in [0.2, 0.25) is 0 Å². The number of nitrogens with one attached hydrogen (secondary N) is 2. The number of halogens is 1. The summed E-state index contributed by atoms with van der Waals surface area (Å²) in [6.45, 7) is 1.81. The predicted octanol–water partition coefficient (Wildman–Crippen LogP) is 2.87. The molecule has 2 amide bonds. The first-order valence-electron chi connectivity index (χ1n) is 5.99. The lowest BCUT2D eigenvalue weighted by Crippen LogP contribution is -2.21. The number of urea groups is 1. The Balaban J connectivity index is 2.12. The molecule has 0 aliphatic rings. The minimum atomic E-state index is -1.33. The van der Waals surface area contributed by atoms with Crippen molar-refractivity contribution in [3.63, 3.8) is 0 Å². The second-order valence-corrected chi connectivity index (χ2v) is 4.26. The molecule has 0 fully saturated rings. The molecule has 3 N–H and O–H groups in total. The monoisotopic (exact) mass is 289 g/mol. The molecule has 1 heterocycles. The second kappa shape index (κ2) is 6.00. The third kappa shape index (κ3) is 3.75. The maximum Gasteiger partial charge on any atom is 0.337 e. The SMILES string of the molecule is Cc1ccc(NC(=O)Nc2ccc(F)cc2C(=O)O)cn1. The zero-order valence-electron chi connectivity index (χ0n) is 11.1. The summed E-state index contributed by atoms with van der Waals surface area (Å²) in [6, 6.07) is 5.82. The second-order valence-electron chi connectivity index (χ2n) is 4.26. The molecule has 7 heteroatoms. The first kappa shape index (κ1) is 14.4. The Morgan fingerprint density at radius 3 is 2.57 bits per heavy atom. The van der Waals surface area contributed by atoms with Crippen LogP contribution in [-0.2, 0) is 0 Å². The third-order valence-electron chi connectivity index (χ3n) is 2.63. The third-order valence-corrected chi connectivity index (χ3v) is 2.63. The van der Waals surface area contributed by atoms with Crippen LogP contribution < -0.4 is 10.6 Å². The summed E-state index contributed by atoms with van der Waals surface area (Å²) in [6.07, 6.45) is 1.47. The summed E-state index contributed by atoms with van der Waals surface area (Å²) in [7, 11) is 0. The lowest BCUT2D eigenvalue weighted by Gasteiger charge is -2.10. The number of carboxylic acids is 1. The molecule has 108 valence electrons. The first-order valence-corrected chi connectivity index (χ1v) is 5.99. The van der Waals surface area contributed by atoms with Gasteiger partial charge in [0.15, 0.2) is 0 Å². The smallest absolute Gasteiger partial charge is 0.337 e. The highest BCUT2D eigenvalue weighted by Crippen LogP contribution is 2.17. The average molecular weight is 289 g/mol. The van der Waals surface area contributed by atoms with Gasteiger partial charge in [0.05, 0.1) is 23.1 Å². The van der Waals surface area contributed by atoms with Crippen LogP contribution in [0, 0.1) is 12.7 Å². The van der Waals surface area contributed by atoms with Gasteiger partial charge in [0.1, 0.15) is 5.82 Å². The van der Waals surface area contributed by atoms with Crippen LogP contribution >= 0.6 is 0 Å². The first-order chi connectivity index (χ1) is 9.95. The molecule has 0 unspecified atom stereocenters. The van der Waals surface area contributed by atoms with Crippen molar-refractivity contribution >= 4 is 23.4 Å². The number of hydrogen-bond donors (Lipinski definition) is 3. The van der Waals surface area contributed by atoms with Gasteiger partial charge in [-0.3, -0.25) is 4.98 Å². The Bertz CT molecular complexity index is 686. The molecule has 0 aliphatic heterocycles. The Kier molecular flexibility index (Phi) is 4.13. The van der Waals surface area contributed by atoms with Crippen molar-refractivity contribution in [1.82, 2.24) is 4.98 Å². The molecule has 0 spiro atoms. The predicted molar refractivity (Wildman–Crippen MR) is 75.0 cm³/mol. The molecular weight excluding hydrogens is 277 g/mol. The molecule has 0 saturated heterocycles. The molecule has 0 bridgehead atoms. The maximum absolute atomic E-state index is 13.0. The quantitative estimate of drug-likeness (QED) is 0.810. The summed E-state index contributed by atoms with van der Waals surface area (Å²) in [5.74, 6) is -2.03. The van der Waals surface area contributed by atoms with Crippen LogP contribution in [0.2, 0.25) is 0 Å². The van der Waals surface area contributed by atoms with Gasteiger partial charge in [0, 0.05) is 5.69 Å². The van der Waals surface area contributed by atoms with E-state index in [0.29, 0.717) is 5.69 Å². The molecule has 1 aromatic heterocycles. The van der Waals surface area contributed by atoms with E-state index in [0.717, 1.165) is 17.8 Å². The minimum absolute atomic E-state index is 0.00136. The van der Waals surface area contributed by atoms with E-state index in [1.54, 1.807) is 12.1 Å². The fraction of sp³-hybridized carbons (Fsp3) is 0.0714. The topological polar surface area (TPSA) is 91.3 Å². The van der Waals surface area contributed by atoms with E-state index < -0.39 is 17.8 Å². The molecule has 1 aromatic carbocycles. The van der Waals surface area contributed by atoms with Crippen molar-refractivity contribution in [2.45, 2.75) is 6.92 Å². The number of nitrogens with zero attached hydrogens (tertiary/aromatic N) is 1. The largest absolute Gasteiger partial charge is 0.478 e. The molecule has 0 atom stereocenters. The summed E-state index contributed by atoms with van der Waals surface area (Å²) < 4.78 is 13.0. The number of carbonyl (C=O) groups is 2. The number of hydrogen-bond acceptors (Lipinski definition) is 3. The minimum Gasteiger partial charge on any atom is -0.478 e. The van der Waals surface area contributed by atoms with Gasteiger partial charge < -0.3 is 15.7 Å².